The van der Waals surface area contributed by atoms with Crippen molar-refractivity contribution in [1.82, 2.24) is 9.80 Å². The van der Waals surface area contributed by atoms with E-state index >= 15 is 0 Å². The number of benzene rings is 1. The number of para-hydroxylation sites is 1. The van der Waals surface area contributed by atoms with Crippen molar-refractivity contribution in [3.05, 3.63) is 30.3 Å². The van der Waals surface area contributed by atoms with Crippen LogP contribution in [0.15, 0.2) is 30.3 Å². The summed E-state index contributed by atoms with van der Waals surface area (Å²) in [7, 11) is 0. The SMILES string of the molecule is CC(C)(C)CC(=O)N1CCN(C(=O)Oc2ccccc2)CC1. The van der Waals surface area contributed by atoms with E-state index in [4.69, 9.17) is 4.74 Å². The Morgan fingerprint density at radius 2 is 1.55 bits per heavy atom. The molecule has 2 rings (SSSR count). The minimum absolute atomic E-state index is 0.0134. The minimum Gasteiger partial charge on any atom is -0.410 e. The van der Waals surface area contributed by atoms with Gasteiger partial charge in [-0.2, -0.15) is 0 Å². The highest BCUT2D eigenvalue weighted by molar-refractivity contribution is 5.77. The van der Waals surface area contributed by atoms with Crippen LogP contribution in [-0.2, 0) is 4.79 Å². The smallest absolute Gasteiger partial charge is 0.410 e. The Hall–Kier alpha value is -2.04. The van der Waals surface area contributed by atoms with Gasteiger partial charge in [-0.15, -0.1) is 0 Å². The lowest BCUT2D eigenvalue weighted by molar-refractivity contribution is -0.134. The van der Waals surface area contributed by atoms with Gasteiger partial charge in [-0.3, -0.25) is 4.79 Å². The molecule has 1 aromatic carbocycles. The van der Waals surface area contributed by atoms with Crippen molar-refractivity contribution in [1.29, 1.82) is 0 Å². The van der Waals surface area contributed by atoms with Gasteiger partial charge in [0.05, 0.1) is 0 Å². The molecule has 0 saturated carbocycles. The molecule has 1 aliphatic heterocycles. The first-order valence-electron chi connectivity index (χ1n) is 7.65. The summed E-state index contributed by atoms with van der Waals surface area (Å²) in [5.41, 5.74) is -0.0134. The first-order chi connectivity index (χ1) is 10.3. The predicted octanol–water partition coefficient (Wildman–Crippen LogP) is 2.77. The Morgan fingerprint density at radius 3 is 2.09 bits per heavy atom. The van der Waals surface area contributed by atoms with Gasteiger partial charge in [0.15, 0.2) is 0 Å². The normalized spacial score (nSPS) is 15.6. The van der Waals surface area contributed by atoms with E-state index in [0.29, 0.717) is 38.3 Å². The third kappa shape index (κ3) is 4.76. The largest absolute Gasteiger partial charge is 0.415 e. The lowest BCUT2D eigenvalue weighted by atomic mass is 9.91. The van der Waals surface area contributed by atoms with Gasteiger partial charge in [-0.25, -0.2) is 4.79 Å². The van der Waals surface area contributed by atoms with Crippen LogP contribution in [0.3, 0.4) is 0 Å². The molecule has 0 unspecified atom stereocenters. The highest BCUT2D eigenvalue weighted by Crippen LogP contribution is 2.20. The van der Waals surface area contributed by atoms with E-state index in [1.807, 2.05) is 23.1 Å². The van der Waals surface area contributed by atoms with Crippen molar-refractivity contribution < 1.29 is 14.3 Å². The third-order valence-corrected chi connectivity index (χ3v) is 3.52. The van der Waals surface area contributed by atoms with Gasteiger partial charge < -0.3 is 14.5 Å². The molecule has 0 spiro atoms. The average molecular weight is 304 g/mol. The summed E-state index contributed by atoms with van der Waals surface area (Å²) in [6, 6.07) is 9.02. The zero-order chi connectivity index (χ0) is 16.2. The summed E-state index contributed by atoms with van der Waals surface area (Å²) in [5.74, 6) is 0.697. The molecule has 1 saturated heterocycles. The molecular formula is C17H24N2O3. The van der Waals surface area contributed by atoms with E-state index < -0.39 is 0 Å². The summed E-state index contributed by atoms with van der Waals surface area (Å²) >= 11 is 0. The molecule has 0 radical (unpaired) electrons. The Kier molecular flexibility index (Phi) is 5.06. The maximum absolute atomic E-state index is 12.2. The third-order valence-electron chi connectivity index (χ3n) is 3.52. The zero-order valence-electron chi connectivity index (χ0n) is 13.5. The fraction of sp³-hybridized carbons (Fsp3) is 0.529. The quantitative estimate of drug-likeness (QED) is 0.844. The van der Waals surface area contributed by atoms with Crippen LogP contribution in [0.4, 0.5) is 4.79 Å². The number of hydrogen-bond donors (Lipinski definition) is 0. The van der Waals surface area contributed by atoms with Gasteiger partial charge in [0.2, 0.25) is 5.91 Å². The Morgan fingerprint density at radius 1 is 1.00 bits per heavy atom. The number of ether oxygens (including phenoxy) is 1. The van der Waals surface area contributed by atoms with E-state index in [-0.39, 0.29) is 17.4 Å². The molecule has 5 nitrogen and oxygen atoms in total. The highest BCUT2D eigenvalue weighted by Gasteiger charge is 2.27. The van der Waals surface area contributed by atoms with Crippen LogP contribution < -0.4 is 4.74 Å². The fourth-order valence-corrected chi connectivity index (χ4v) is 2.36. The molecule has 0 bridgehead atoms. The average Bonchev–Trinajstić information content (AvgIpc) is 2.46. The van der Waals surface area contributed by atoms with Gasteiger partial charge in [-0.05, 0) is 17.5 Å². The van der Waals surface area contributed by atoms with Crippen molar-refractivity contribution in [3.8, 4) is 5.75 Å². The van der Waals surface area contributed by atoms with Crippen molar-refractivity contribution >= 4 is 12.0 Å². The molecular weight excluding hydrogens is 280 g/mol. The monoisotopic (exact) mass is 304 g/mol. The standard InChI is InChI=1S/C17H24N2O3/c1-17(2,3)13-15(20)18-9-11-19(12-10-18)16(21)22-14-7-5-4-6-8-14/h4-8H,9-13H2,1-3H3. The summed E-state index contributed by atoms with van der Waals surface area (Å²) in [5, 5.41) is 0. The van der Waals surface area contributed by atoms with Crippen LogP contribution in [0, 0.1) is 5.41 Å². The van der Waals surface area contributed by atoms with E-state index in [1.165, 1.54) is 0 Å². The molecule has 22 heavy (non-hydrogen) atoms. The first kappa shape index (κ1) is 16.3. The number of carbonyl (C=O) groups is 2. The molecule has 1 aromatic rings. The first-order valence-corrected chi connectivity index (χ1v) is 7.65. The second-order valence-electron chi connectivity index (χ2n) is 6.79. The Balaban J connectivity index is 1.82. The number of amides is 2. The predicted molar refractivity (Wildman–Crippen MR) is 84.7 cm³/mol. The van der Waals surface area contributed by atoms with E-state index in [9.17, 15) is 9.59 Å². The number of hydrogen-bond acceptors (Lipinski definition) is 3. The summed E-state index contributed by atoms with van der Waals surface area (Å²) in [6.45, 7) is 8.33. The number of nitrogens with zero attached hydrogens (tertiary/aromatic N) is 2. The van der Waals surface area contributed by atoms with Gasteiger partial charge in [-0.1, -0.05) is 39.0 Å². The lowest BCUT2D eigenvalue weighted by Gasteiger charge is -2.35. The van der Waals surface area contributed by atoms with Crippen LogP contribution >= 0.6 is 0 Å². The Labute approximate surface area is 131 Å². The zero-order valence-corrected chi connectivity index (χ0v) is 13.5. The maximum atomic E-state index is 12.2. The summed E-state index contributed by atoms with van der Waals surface area (Å²) < 4.78 is 5.31. The molecule has 120 valence electrons. The van der Waals surface area contributed by atoms with Crippen molar-refractivity contribution in [3.63, 3.8) is 0 Å². The second kappa shape index (κ2) is 6.81. The molecule has 0 aliphatic carbocycles. The highest BCUT2D eigenvalue weighted by atomic mass is 16.6. The Bertz CT molecular complexity index is 514. The van der Waals surface area contributed by atoms with E-state index in [2.05, 4.69) is 20.8 Å². The number of carbonyl (C=O) groups excluding carboxylic acids is 2. The molecule has 1 aliphatic rings. The summed E-state index contributed by atoms with van der Waals surface area (Å²) in [4.78, 5) is 27.7. The number of rotatable bonds is 2. The minimum atomic E-state index is -0.353. The molecule has 0 N–H and O–H groups in total. The second-order valence-corrected chi connectivity index (χ2v) is 6.79. The molecule has 5 heteroatoms. The molecule has 0 aromatic heterocycles. The van der Waals surface area contributed by atoms with Crippen molar-refractivity contribution in [2.75, 3.05) is 26.2 Å². The van der Waals surface area contributed by atoms with Crippen LogP contribution in [0.5, 0.6) is 5.75 Å². The van der Waals surface area contributed by atoms with Crippen LogP contribution in [0.2, 0.25) is 0 Å². The van der Waals surface area contributed by atoms with Crippen molar-refractivity contribution in [2.24, 2.45) is 5.41 Å². The van der Waals surface area contributed by atoms with E-state index in [0.717, 1.165) is 0 Å². The lowest BCUT2D eigenvalue weighted by Crippen LogP contribution is -2.51. The van der Waals surface area contributed by atoms with Crippen LogP contribution in [0.1, 0.15) is 27.2 Å². The van der Waals surface area contributed by atoms with Crippen molar-refractivity contribution in [2.45, 2.75) is 27.2 Å². The van der Waals surface area contributed by atoms with Crippen LogP contribution in [-0.4, -0.2) is 48.0 Å². The van der Waals surface area contributed by atoms with Gasteiger partial charge in [0, 0.05) is 32.6 Å². The topological polar surface area (TPSA) is 49.9 Å². The van der Waals surface area contributed by atoms with E-state index in [1.54, 1.807) is 17.0 Å². The molecule has 1 heterocycles. The van der Waals surface area contributed by atoms with Gasteiger partial charge in [0.25, 0.3) is 0 Å². The maximum Gasteiger partial charge on any atom is 0.415 e. The molecule has 0 atom stereocenters. The molecule has 2 amide bonds. The molecule has 1 fully saturated rings. The van der Waals surface area contributed by atoms with Gasteiger partial charge >= 0.3 is 6.09 Å². The van der Waals surface area contributed by atoms with Crippen LogP contribution in [0.25, 0.3) is 0 Å². The number of piperazine rings is 1. The fourth-order valence-electron chi connectivity index (χ4n) is 2.36. The van der Waals surface area contributed by atoms with Gasteiger partial charge in [0.1, 0.15) is 5.75 Å². The summed E-state index contributed by atoms with van der Waals surface area (Å²) in [6.07, 6.45) is 0.177.